The smallest absolute Gasteiger partial charge is 0.124 e. The fraction of sp³-hybridized carbons (Fsp3) is 0.250. The van der Waals surface area contributed by atoms with Crippen LogP contribution in [0.4, 0.5) is 4.39 Å². The maximum atomic E-state index is 12.6. The van der Waals surface area contributed by atoms with Gasteiger partial charge in [0.1, 0.15) is 5.82 Å². The van der Waals surface area contributed by atoms with Crippen molar-refractivity contribution in [3.63, 3.8) is 0 Å². The minimum Gasteiger partial charge on any atom is -0.207 e. The summed E-state index contributed by atoms with van der Waals surface area (Å²) >= 11 is 9.04. The van der Waals surface area contributed by atoms with Crippen molar-refractivity contribution in [3.05, 3.63) is 34.1 Å². The van der Waals surface area contributed by atoms with Crippen molar-refractivity contribution in [1.82, 2.24) is 0 Å². The second-order valence-electron chi connectivity index (χ2n) is 2.32. The molecule has 0 heterocycles. The summed E-state index contributed by atoms with van der Waals surface area (Å²) in [5, 5.41) is 1.15. The molecule has 0 unspecified atom stereocenters. The molecule has 60 valence electrons. The molecule has 0 radical (unpaired) electrons. The van der Waals surface area contributed by atoms with Crippen LogP contribution in [0.1, 0.15) is 11.1 Å². The zero-order chi connectivity index (χ0) is 8.43. The molecule has 0 amide bonds. The Morgan fingerprint density at radius 2 is 2.18 bits per heavy atom. The number of benzene rings is 1. The van der Waals surface area contributed by atoms with Crippen molar-refractivity contribution in [2.45, 2.75) is 12.3 Å². The van der Waals surface area contributed by atoms with Gasteiger partial charge in [-0.15, -0.1) is 0 Å². The fourth-order valence-electron chi connectivity index (χ4n) is 0.901. The van der Waals surface area contributed by atoms with Gasteiger partial charge in [-0.3, -0.25) is 0 Å². The third kappa shape index (κ3) is 1.94. The van der Waals surface area contributed by atoms with Crippen molar-refractivity contribution in [3.8, 4) is 0 Å². The summed E-state index contributed by atoms with van der Waals surface area (Å²) in [6.45, 7) is 1.84. The van der Waals surface area contributed by atoms with E-state index in [2.05, 4.69) is 15.9 Å². The SMILES string of the molecule is Cc1cc(F)cc(Cl)c1CBr. The van der Waals surface area contributed by atoms with Gasteiger partial charge < -0.3 is 0 Å². The summed E-state index contributed by atoms with van der Waals surface area (Å²) in [6, 6.07) is 2.80. The maximum Gasteiger partial charge on any atom is 0.124 e. The monoisotopic (exact) mass is 236 g/mol. The Morgan fingerprint density at radius 3 is 2.64 bits per heavy atom. The summed E-state index contributed by atoms with van der Waals surface area (Å²) in [5.74, 6) is -0.280. The van der Waals surface area contributed by atoms with Crippen LogP contribution in [0.3, 0.4) is 0 Å². The lowest BCUT2D eigenvalue weighted by Gasteiger charge is -2.03. The van der Waals surface area contributed by atoms with Gasteiger partial charge in [0.05, 0.1) is 0 Å². The molecule has 1 aromatic rings. The zero-order valence-electron chi connectivity index (χ0n) is 6.00. The predicted octanol–water partition coefficient (Wildman–Crippen LogP) is 3.68. The summed E-state index contributed by atoms with van der Waals surface area (Å²) in [4.78, 5) is 0. The molecule has 0 aliphatic heterocycles. The van der Waals surface area contributed by atoms with Crippen LogP contribution in [0.15, 0.2) is 12.1 Å². The third-order valence-corrected chi connectivity index (χ3v) is 2.41. The van der Waals surface area contributed by atoms with Crippen LogP contribution in [-0.4, -0.2) is 0 Å². The largest absolute Gasteiger partial charge is 0.207 e. The Morgan fingerprint density at radius 1 is 1.55 bits per heavy atom. The normalized spacial score (nSPS) is 10.2. The molecule has 0 saturated heterocycles. The van der Waals surface area contributed by atoms with Crippen LogP contribution in [0, 0.1) is 12.7 Å². The number of halogens is 3. The predicted molar refractivity (Wildman–Crippen MR) is 48.8 cm³/mol. The Labute approximate surface area is 78.5 Å². The first-order valence-electron chi connectivity index (χ1n) is 3.15. The molecule has 1 aromatic carbocycles. The summed E-state index contributed by atoms with van der Waals surface area (Å²) < 4.78 is 12.6. The molecule has 0 aliphatic carbocycles. The zero-order valence-corrected chi connectivity index (χ0v) is 8.34. The van der Waals surface area contributed by atoms with Gasteiger partial charge >= 0.3 is 0 Å². The van der Waals surface area contributed by atoms with Crippen molar-refractivity contribution in [1.29, 1.82) is 0 Å². The molecule has 3 heteroatoms. The first kappa shape index (κ1) is 9.01. The standard InChI is InChI=1S/C8H7BrClF/c1-5-2-6(11)3-8(10)7(5)4-9/h2-3H,4H2,1H3. The van der Waals surface area contributed by atoms with Gasteiger partial charge in [-0.1, -0.05) is 27.5 Å². The molecule has 0 bridgehead atoms. The quantitative estimate of drug-likeness (QED) is 0.654. The van der Waals surface area contributed by atoms with Crippen LogP contribution in [-0.2, 0) is 5.33 Å². The van der Waals surface area contributed by atoms with Gasteiger partial charge in [0, 0.05) is 10.4 Å². The van der Waals surface area contributed by atoms with E-state index < -0.39 is 0 Å². The van der Waals surface area contributed by atoms with E-state index in [1.165, 1.54) is 12.1 Å². The second-order valence-corrected chi connectivity index (χ2v) is 3.28. The molecule has 0 nitrogen and oxygen atoms in total. The lowest BCUT2D eigenvalue weighted by atomic mass is 10.1. The highest BCUT2D eigenvalue weighted by Gasteiger charge is 2.04. The first-order chi connectivity index (χ1) is 5.15. The molecule has 0 spiro atoms. The molecular formula is C8H7BrClF. The maximum absolute atomic E-state index is 12.6. The van der Waals surface area contributed by atoms with E-state index in [4.69, 9.17) is 11.6 Å². The van der Waals surface area contributed by atoms with Gasteiger partial charge in [0.2, 0.25) is 0 Å². The number of rotatable bonds is 1. The van der Waals surface area contributed by atoms with Gasteiger partial charge in [-0.25, -0.2) is 4.39 Å². The van der Waals surface area contributed by atoms with Crippen LogP contribution >= 0.6 is 27.5 Å². The van der Waals surface area contributed by atoms with E-state index in [0.717, 1.165) is 11.1 Å². The minimum atomic E-state index is -0.280. The van der Waals surface area contributed by atoms with Gasteiger partial charge in [-0.2, -0.15) is 0 Å². The average Bonchev–Trinajstić information content (AvgIpc) is 1.85. The lowest BCUT2D eigenvalue weighted by Crippen LogP contribution is -1.87. The van der Waals surface area contributed by atoms with Crippen molar-refractivity contribution in [2.75, 3.05) is 0 Å². The Balaban J connectivity index is 3.25. The highest BCUT2D eigenvalue weighted by Crippen LogP contribution is 2.23. The average molecular weight is 237 g/mol. The molecular weight excluding hydrogens is 230 g/mol. The van der Waals surface area contributed by atoms with Gasteiger partial charge in [-0.05, 0) is 30.2 Å². The molecule has 0 N–H and O–H groups in total. The van der Waals surface area contributed by atoms with Crippen LogP contribution in [0.2, 0.25) is 5.02 Å². The van der Waals surface area contributed by atoms with Crippen LogP contribution in [0.25, 0.3) is 0 Å². The topological polar surface area (TPSA) is 0 Å². The van der Waals surface area contributed by atoms with Crippen molar-refractivity contribution >= 4 is 27.5 Å². The van der Waals surface area contributed by atoms with Crippen molar-refractivity contribution in [2.24, 2.45) is 0 Å². The first-order valence-corrected chi connectivity index (χ1v) is 4.65. The van der Waals surface area contributed by atoms with Crippen molar-refractivity contribution < 1.29 is 4.39 Å². The Kier molecular flexibility index (Phi) is 2.90. The molecule has 0 saturated carbocycles. The second kappa shape index (κ2) is 3.55. The molecule has 0 atom stereocenters. The number of hydrogen-bond donors (Lipinski definition) is 0. The highest BCUT2D eigenvalue weighted by molar-refractivity contribution is 9.08. The summed E-state index contributed by atoms with van der Waals surface area (Å²) in [5.41, 5.74) is 1.83. The van der Waals surface area contributed by atoms with Gasteiger partial charge in [0.25, 0.3) is 0 Å². The number of aryl methyl sites for hydroxylation is 1. The molecule has 11 heavy (non-hydrogen) atoms. The molecule has 0 aromatic heterocycles. The Hall–Kier alpha value is -0.0800. The molecule has 0 fully saturated rings. The molecule has 1 rings (SSSR count). The fourth-order valence-corrected chi connectivity index (χ4v) is 2.13. The van der Waals surface area contributed by atoms with Crippen LogP contribution in [0.5, 0.6) is 0 Å². The lowest BCUT2D eigenvalue weighted by molar-refractivity contribution is 0.626. The number of alkyl halides is 1. The van der Waals surface area contributed by atoms with E-state index >= 15 is 0 Å². The van der Waals surface area contributed by atoms with Crippen LogP contribution < -0.4 is 0 Å². The van der Waals surface area contributed by atoms with Gasteiger partial charge in [0.15, 0.2) is 0 Å². The van der Waals surface area contributed by atoms with E-state index in [9.17, 15) is 4.39 Å². The third-order valence-electron chi connectivity index (χ3n) is 1.52. The van der Waals surface area contributed by atoms with E-state index in [1.807, 2.05) is 6.92 Å². The van der Waals surface area contributed by atoms with E-state index in [0.29, 0.717) is 10.4 Å². The summed E-state index contributed by atoms with van der Waals surface area (Å²) in [7, 11) is 0. The highest BCUT2D eigenvalue weighted by atomic mass is 79.9. The summed E-state index contributed by atoms with van der Waals surface area (Å²) in [6.07, 6.45) is 0. The number of hydrogen-bond acceptors (Lipinski definition) is 0. The van der Waals surface area contributed by atoms with E-state index in [1.54, 1.807) is 0 Å². The molecule has 0 aliphatic rings. The minimum absolute atomic E-state index is 0.280. The Bertz CT molecular complexity index is 250. The van der Waals surface area contributed by atoms with E-state index in [-0.39, 0.29) is 5.82 Å².